The van der Waals surface area contributed by atoms with E-state index in [1.54, 1.807) is 30.3 Å². The number of benzene rings is 1. The maximum absolute atomic E-state index is 13.4. The van der Waals surface area contributed by atoms with Crippen LogP contribution in [0, 0.1) is 21.4 Å². The number of hydrogen-bond donors (Lipinski definition) is 0. The van der Waals surface area contributed by atoms with Gasteiger partial charge in [-0.25, -0.2) is 0 Å². The van der Waals surface area contributed by atoms with E-state index in [-0.39, 0.29) is 19.4 Å². The smallest absolute Gasteiger partial charge is 0.399 e. The number of Topliss-reactive ketones (excluding diaryl/α,β-unsaturated/α-hetero) is 1. The Kier molecular flexibility index (Phi) is 5.44. The minimum atomic E-state index is -5.07. The number of rotatable bonds is 6. The third kappa shape index (κ3) is 3.97. The van der Waals surface area contributed by atoms with E-state index >= 15 is 0 Å². The third-order valence-electron chi connectivity index (χ3n) is 4.37. The second-order valence-electron chi connectivity index (χ2n) is 5.92. The van der Waals surface area contributed by atoms with Gasteiger partial charge in [-0.15, -0.1) is 0 Å². The number of nitro groups is 1. The van der Waals surface area contributed by atoms with Gasteiger partial charge in [0.15, 0.2) is 5.78 Å². The molecule has 0 aliphatic heterocycles. The van der Waals surface area contributed by atoms with Crippen LogP contribution in [-0.4, -0.2) is 29.4 Å². The summed E-state index contributed by atoms with van der Waals surface area (Å²) >= 11 is 0. The summed E-state index contributed by atoms with van der Waals surface area (Å²) in [7, 11) is 0. The Morgan fingerprint density at radius 3 is 2.44 bits per heavy atom. The van der Waals surface area contributed by atoms with Crippen LogP contribution in [0.15, 0.2) is 30.3 Å². The molecular formula is C16H16F3NO5. The van der Waals surface area contributed by atoms with E-state index in [1.807, 2.05) is 0 Å². The Hall–Kier alpha value is -2.45. The fourth-order valence-corrected chi connectivity index (χ4v) is 3.16. The normalized spacial score (nSPS) is 21.8. The van der Waals surface area contributed by atoms with Crippen LogP contribution in [0.5, 0.6) is 0 Å². The molecule has 0 radical (unpaired) electrons. The molecule has 2 atom stereocenters. The molecule has 9 heteroatoms. The van der Waals surface area contributed by atoms with Gasteiger partial charge in [0.25, 0.3) is 0 Å². The summed E-state index contributed by atoms with van der Waals surface area (Å²) < 4.78 is 45.2. The molecule has 136 valence electrons. The van der Waals surface area contributed by atoms with Gasteiger partial charge in [0.05, 0.1) is 0 Å². The fraction of sp³-hybridized carbons (Fsp3) is 0.500. The Labute approximate surface area is 141 Å². The number of hydrogen-bond acceptors (Lipinski definition) is 5. The molecule has 0 bridgehead atoms. The molecule has 0 aromatic heterocycles. The van der Waals surface area contributed by atoms with Crippen molar-refractivity contribution >= 4 is 11.8 Å². The molecule has 0 heterocycles. The molecule has 1 aliphatic carbocycles. The van der Waals surface area contributed by atoms with Crippen molar-refractivity contribution in [2.45, 2.75) is 32.0 Å². The third-order valence-corrected chi connectivity index (χ3v) is 4.37. The molecule has 2 rings (SSSR count). The molecule has 1 aromatic carbocycles. The van der Waals surface area contributed by atoms with Gasteiger partial charge >= 0.3 is 12.1 Å². The predicted octanol–water partition coefficient (Wildman–Crippen LogP) is 2.92. The number of halogens is 3. The van der Waals surface area contributed by atoms with Crippen LogP contribution in [-0.2, 0) is 20.9 Å². The first-order chi connectivity index (χ1) is 11.7. The molecular weight excluding hydrogens is 343 g/mol. The van der Waals surface area contributed by atoms with Gasteiger partial charge in [-0.2, -0.15) is 13.2 Å². The number of alkyl halides is 3. The van der Waals surface area contributed by atoms with Crippen molar-refractivity contribution in [2.75, 3.05) is 6.54 Å². The molecule has 0 spiro atoms. The van der Waals surface area contributed by atoms with Crippen LogP contribution < -0.4 is 0 Å². The minimum absolute atomic E-state index is 0.0591. The highest BCUT2D eigenvalue weighted by Crippen LogP contribution is 2.49. The lowest BCUT2D eigenvalue weighted by atomic mass is 9.72. The second kappa shape index (κ2) is 7.20. The summed E-state index contributed by atoms with van der Waals surface area (Å²) in [6, 6.07) is 8.24. The van der Waals surface area contributed by atoms with Gasteiger partial charge < -0.3 is 4.74 Å². The molecule has 1 aromatic rings. The van der Waals surface area contributed by atoms with Crippen molar-refractivity contribution in [2.24, 2.45) is 11.3 Å². The number of carbonyl (C=O) groups is 2. The molecule has 1 saturated carbocycles. The van der Waals surface area contributed by atoms with E-state index in [0.717, 1.165) is 0 Å². The molecule has 0 saturated heterocycles. The number of carbonyl (C=O) groups excluding carboxylic acids is 2. The zero-order valence-electron chi connectivity index (χ0n) is 13.1. The van der Waals surface area contributed by atoms with Gasteiger partial charge in [-0.1, -0.05) is 30.3 Å². The van der Waals surface area contributed by atoms with Gasteiger partial charge in [-0.3, -0.25) is 19.7 Å². The maximum atomic E-state index is 13.4. The van der Waals surface area contributed by atoms with Crippen molar-refractivity contribution in [3.8, 4) is 0 Å². The monoisotopic (exact) mass is 359 g/mol. The summed E-state index contributed by atoms with van der Waals surface area (Å²) in [6.07, 6.45) is -5.65. The summed E-state index contributed by atoms with van der Waals surface area (Å²) in [5.41, 5.74) is -2.01. The van der Waals surface area contributed by atoms with E-state index in [4.69, 9.17) is 4.74 Å². The highest BCUT2D eigenvalue weighted by atomic mass is 19.4. The van der Waals surface area contributed by atoms with Gasteiger partial charge in [0.1, 0.15) is 17.9 Å². The first-order valence-electron chi connectivity index (χ1n) is 7.61. The lowest BCUT2D eigenvalue weighted by Crippen LogP contribution is -2.52. The van der Waals surface area contributed by atoms with E-state index in [1.165, 1.54) is 0 Å². The van der Waals surface area contributed by atoms with Crippen LogP contribution in [0.3, 0.4) is 0 Å². The SMILES string of the molecule is O=C1CCC[C@]1(C(=O)OCc1ccccc1)[C@H](C[N+](=O)[O-])C(F)(F)F. The largest absolute Gasteiger partial charge is 0.460 e. The average Bonchev–Trinajstić information content (AvgIpc) is 2.92. The van der Waals surface area contributed by atoms with Crippen molar-refractivity contribution in [1.29, 1.82) is 0 Å². The zero-order chi connectivity index (χ0) is 18.7. The Bertz CT molecular complexity index is 661. The molecule has 25 heavy (non-hydrogen) atoms. The summed E-state index contributed by atoms with van der Waals surface area (Å²) in [6.45, 7) is -1.85. The molecule has 6 nitrogen and oxygen atoms in total. The molecule has 0 N–H and O–H groups in total. The second-order valence-corrected chi connectivity index (χ2v) is 5.92. The molecule has 0 amide bonds. The van der Waals surface area contributed by atoms with Crippen LogP contribution in [0.1, 0.15) is 24.8 Å². The molecule has 1 aliphatic rings. The van der Waals surface area contributed by atoms with Gasteiger partial charge in [-0.05, 0) is 18.4 Å². The zero-order valence-corrected chi connectivity index (χ0v) is 13.1. The standard InChI is InChI=1S/C16H16F3NO5/c17-16(18,19)12(9-20(23)24)15(8-4-7-13(15)21)14(22)25-10-11-5-2-1-3-6-11/h1-3,5-6,12H,4,7-10H2/t12-,15-/m0/s1. The Morgan fingerprint density at radius 1 is 1.32 bits per heavy atom. The summed E-state index contributed by atoms with van der Waals surface area (Å²) in [4.78, 5) is 34.2. The van der Waals surface area contributed by atoms with Crippen molar-refractivity contribution in [1.82, 2.24) is 0 Å². The van der Waals surface area contributed by atoms with Crippen LogP contribution in [0.2, 0.25) is 0 Å². The van der Waals surface area contributed by atoms with E-state index in [0.29, 0.717) is 5.56 Å². The van der Waals surface area contributed by atoms with Crippen molar-refractivity contribution < 1.29 is 32.4 Å². The maximum Gasteiger partial charge on any atom is 0.399 e. The van der Waals surface area contributed by atoms with Gasteiger partial charge in [0, 0.05) is 11.3 Å². The quantitative estimate of drug-likeness (QED) is 0.337. The average molecular weight is 359 g/mol. The lowest BCUT2D eigenvalue weighted by molar-refractivity contribution is -0.501. The minimum Gasteiger partial charge on any atom is -0.460 e. The van der Waals surface area contributed by atoms with Crippen LogP contribution >= 0.6 is 0 Å². The number of nitrogens with zero attached hydrogens (tertiary/aromatic N) is 1. The first-order valence-corrected chi connectivity index (χ1v) is 7.61. The van der Waals surface area contributed by atoms with E-state index < -0.39 is 47.2 Å². The fourth-order valence-electron chi connectivity index (χ4n) is 3.16. The van der Waals surface area contributed by atoms with E-state index in [9.17, 15) is 32.9 Å². The predicted molar refractivity (Wildman–Crippen MR) is 78.9 cm³/mol. The van der Waals surface area contributed by atoms with E-state index in [2.05, 4.69) is 0 Å². The van der Waals surface area contributed by atoms with Gasteiger partial charge in [0.2, 0.25) is 6.54 Å². The van der Waals surface area contributed by atoms with Crippen molar-refractivity contribution in [3.05, 3.63) is 46.0 Å². The molecule has 0 unspecified atom stereocenters. The topological polar surface area (TPSA) is 86.5 Å². The summed E-state index contributed by atoms with van der Waals surface area (Å²) in [5, 5.41) is 10.7. The number of ether oxygens (including phenoxy) is 1. The Morgan fingerprint density at radius 2 is 1.96 bits per heavy atom. The first kappa shape index (κ1) is 18.9. The lowest BCUT2D eigenvalue weighted by Gasteiger charge is -2.32. The highest BCUT2D eigenvalue weighted by Gasteiger charge is 2.65. The van der Waals surface area contributed by atoms with Crippen molar-refractivity contribution in [3.63, 3.8) is 0 Å². The number of esters is 1. The number of ketones is 1. The van der Waals surface area contributed by atoms with Crippen LogP contribution in [0.25, 0.3) is 0 Å². The van der Waals surface area contributed by atoms with Crippen LogP contribution in [0.4, 0.5) is 13.2 Å². The Balaban J connectivity index is 2.31. The highest BCUT2D eigenvalue weighted by molar-refractivity contribution is 6.05. The summed E-state index contributed by atoms with van der Waals surface area (Å²) in [5.74, 6) is -4.99. The molecule has 1 fully saturated rings.